The van der Waals surface area contributed by atoms with Crippen LogP contribution >= 0.6 is 0 Å². The first-order chi connectivity index (χ1) is 11.7. The summed E-state index contributed by atoms with van der Waals surface area (Å²) in [5, 5.41) is 1.11. The van der Waals surface area contributed by atoms with Crippen LogP contribution in [-0.2, 0) is 6.54 Å². The van der Waals surface area contributed by atoms with Gasteiger partial charge in [-0.1, -0.05) is 26.0 Å². The predicted octanol–water partition coefficient (Wildman–Crippen LogP) is 4.03. The van der Waals surface area contributed by atoms with Crippen molar-refractivity contribution in [1.82, 2.24) is 9.47 Å². The molecule has 0 fully saturated rings. The Labute approximate surface area is 141 Å². The zero-order chi connectivity index (χ0) is 17.1. The molecule has 0 bridgehead atoms. The maximum atomic E-state index is 13.6. The van der Waals surface area contributed by atoms with Crippen molar-refractivity contribution in [3.63, 3.8) is 0 Å². The fourth-order valence-corrected chi connectivity index (χ4v) is 3.33. The minimum atomic E-state index is -0.371. The number of para-hydroxylation sites is 1. The second kappa shape index (κ2) is 7.14. The molecule has 24 heavy (non-hydrogen) atoms. The molecule has 0 saturated heterocycles. The topological polar surface area (TPSA) is 25.2 Å². The van der Waals surface area contributed by atoms with E-state index >= 15 is 0 Å². The molecule has 3 nitrogen and oxygen atoms in total. The van der Waals surface area contributed by atoms with E-state index in [1.54, 1.807) is 6.07 Å². The van der Waals surface area contributed by atoms with Gasteiger partial charge in [-0.05, 0) is 56.4 Å². The summed E-state index contributed by atoms with van der Waals surface area (Å²) in [5.41, 5.74) is 1.63. The molecule has 3 aromatic rings. The summed E-state index contributed by atoms with van der Waals surface area (Å²) < 4.78 is 15.8. The third-order valence-electron chi connectivity index (χ3n) is 4.68. The van der Waals surface area contributed by atoms with Gasteiger partial charge in [-0.15, -0.1) is 0 Å². The van der Waals surface area contributed by atoms with E-state index < -0.39 is 0 Å². The standard InChI is InChI=1S/C20H23FN2O/c1-3-22(4-2)12-7-13-23-18-9-6-5-8-16(18)20(24)17-14-15(21)10-11-19(17)23/h5-6,8-11,14H,3-4,7,12-13H2,1-2H3. The number of rotatable bonds is 6. The number of aromatic nitrogens is 1. The van der Waals surface area contributed by atoms with Gasteiger partial charge in [0.2, 0.25) is 0 Å². The van der Waals surface area contributed by atoms with E-state index in [2.05, 4.69) is 23.3 Å². The van der Waals surface area contributed by atoms with Crippen LogP contribution in [0.3, 0.4) is 0 Å². The smallest absolute Gasteiger partial charge is 0.197 e. The Morgan fingerprint density at radius 1 is 1.00 bits per heavy atom. The minimum Gasteiger partial charge on any atom is -0.340 e. The summed E-state index contributed by atoms with van der Waals surface area (Å²) in [7, 11) is 0. The van der Waals surface area contributed by atoms with E-state index in [-0.39, 0.29) is 11.2 Å². The zero-order valence-electron chi connectivity index (χ0n) is 14.3. The highest BCUT2D eigenvalue weighted by Crippen LogP contribution is 2.20. The molecule has 1 heterocycles. The number of halogens is 1. The number of aryl methyl sites for hydroxylation is 1. The zero-order valence-corrected chi connectivity index (χ0v) is 14.3. The lowest BCUT2D eigenvalue weighted by Gasteiger charge is -2.20. The largest absolute Gasteiger partial charge is 0.340 e. The highest BCUT2D eigenvalue weighted by molar-refractivity contribution is 5.93. The Morgan fingerprint density at radius 3 is 2.46 bits per heavy atom. The summed E-state index contributed by atoms with van der Waals surface area (Å²) in [6.45, 7) is 8.21. The normalized spacial score (nSPS) is 11.7. The van der Waals surface area contributed by atoms with Crippen molar-refractivity contribution in [2.24, 2.45) is 0 Å². The lowest BCUT2D eigenvalue weighted by Crippen LogP contribution is -2.25. The molecular weight excluding hydrogens is 303 g/mol. The number of nitrogens with zero attached hydrogens (tertiary/aromatic N) is 2. The van der Waals surface area contributed by atoms with E-state index in [1.807, 2.05) is 24.3 Å². The second-order valence-corrected chi connectivity index (χ2v) is 6.04. The summed E-state index contributed by atoms with van der Waals surface area (Å²) >= 11 is 0. The van der Waals surface area contributed by atoms with E-state index in [9.17, 15) is 9.18 Å². The van der Waals surface area contributed by atoms with Crippen LogP contribution in [0.1, 0.15) is 20.3 Å². The van der Waals surface area contributed by atoms with Crippen molar-refractivity contribution in [3.8, 4) is 0 Å². The highest BCUT2D eigenvalue weighted by Gasteiger charge is 2.11. The van der Waals surface area contributed by atoms with E-state index in [0.29, 0.717) is 10.8 Å². The Kier molecular flexibility index (Phi) is 4.95. The molecule has 0 aliphatic heterocycles. The molecule has 3 rings (SSSR count). The Morgan fingerprint density at radius 2 is 1.71 bits per heavy atom. The molecule has 4 heteroatoms. The van der Waals surface area contributed by atoms with Gasteiger partial charge < -0.3 is 9.47 Å². The van der Waals surface area contributed by atoms with Gasteiger partial charge in [-0.25, -0.2) is 4.39 Å². The first kappa shape index (κ1) is 16.7. The highest BCUT2D eigenvalue weighted by atomic mass is 19.1. The van der Waals surface area contributed by atoms with Crippen LogP contribution in [-0.4, -0.2) is 29.1 Å². The molecule has 0 saturated carbocycles. The molecule has 0 unspecified atom stereocenters. The van der Waals surface area contributed by atoms with Gasteiger partial charge in [0.05, 0.1) is 11.0 Å². The summed E-state index contributed by atoms with van der Waals surface area (Å²) in [5.74, 6) is -0.371. The van der Waals surface area contributed by atoms with Crippen molar-refractivity contribution >= 4 is 21.8 Å². The predicted molar refractivity (Wildman–Crippen MR) is 98.1 cm³/mol. The number of hydrogen-bond acceptors (Lipinski definition) is 2. The molecule has 0 amide bonds. The quantitative estimate of drug-likeness (QED) is 0.639. The van der Waals surface area contributed by atoms with Crippen LogP contribution in [0.25, 0.3) is 21.8 Å². The lowest BCUT2D eigenvalue weighted by atomic mass is 10.1. The van der Waals surface area contributed by atoms with Crippen molar-refractivity contribution in [3.05, 3.63) is 58.5 Å². The maximum Gasteiger partial charge on any atom is 0.197 e. The molecule has 126 valence electrons. The van der Waals surface area contributed by atoms with Gasteiger partial charge in [-0.2, -0.15) is 0 Å². The average Bonchev–Trinajstić information content (AvgIpc) is 2.61. The summed E-state index contributed by atoms with van der Waals surface area (Å²) in [6, 6.07) is 12.1. The molecule has 0 spiro atoms. The molecule has 1 aromatic heterocycles. The van der Waals surface area contributed by atoms with Crippen molar-refractivity contribution < 1.29 is 4.39 Å². The monoisotopic (exact) mass is 326 g/mol. The number of pyridine rings is 1. The van der Waals surface area contributed by atoms with E-state index in [0.717, 1.165) is 43.6 Å². The van der Waals surface area contributed by atoms with Gasteiger partial charge in [-0.3, -0.25) is 4.79 Å². The summed E-state index contributed by atoms with van der Waals surface area (Å²) in [6.07, 6.45) is 0.987. The lowest BCUT2D eigenvalue weighted by molar-refractivity contribution is 0.294. The third-order valence-corrected chi connectivity index (χ3v) is 4.68. The average molecular weight is 326 g/mol. The number of fused-ring (bicyclic) bond motifs is 2. The maximum absolute atomic E-state index is 13.6. The molecule has 0 aliphatic rings. The fourth-order valence-electron chi connectivity index (χ4n) is 3.33. The SMILES string of the molecule is CCN(CC)CCCn1c2ccccc2c(=O)c2cc(F)ccc21. The van der Waals surface area contributed by atoms with Crippen molar-refractivity contribution in [1.29, 1.82) is 0 Å². The molecule has 2 aromatic carbocycles. The van der Waals surface area contributed by atoms with Crippen LogP contribution in [0.5, 0.6) is 0 Å². The number of hydrogen-bond donors (Lipinski definition) is 0. The third kappa shape index (κ3) is 3.06. The van der Waals surface area contributed by atoms with Gasteiger partial charge in [0.25, 0.3) is 0 Å². The minimum absolute atomic E-state index is 0.0971. The van der Waals surface area contributed by atoms with Crippen LogP contribution in [0.4, 0.5) is 4.39 Å². The Bertz CT molecular complexity index is 913. The second-order valence-electron chi connectivity index (χ2n) is 6.04. The van der Waals surface area contributed by atoms with Crippen LogP contribution in [0.15, 0.2) is 47.3 Å². The van der Waals surface area contributed by atoms with Crippen molar-refractivity contribution in [2.45, 2.75) is 26.8 Å². The van der Waals surface area contributed by atoms with E-state index in [1.165, 1.54) is 12.1 Å². The van der Waals surface area contributed by atoms with Gasteiger partial charge in [0.1, 0.15) is 5.82 Å². The fraction of sp³-hybridized carbons (Fsp3) is 0.350. The summed E-state index contributed by atoms with van der Waals surface area (Å²) in [4.78, 5) is 15.1. The first-order valence-electron chi connectivity index (χ1n) is 8.58. The van der Waals surface area contributed by atoms with Gasteiger partial charge >= 0.3 is 0 Å². The molecular formula is C20H23FN2O. The Balaban J connectivity index is 2.10. The van der Waals surface area contributed by atoms with Crippen LogP contribution < -0.4 is 5.43 Å². The van der Waals surface area contributed by atoms with Crippen LogP contribution in [0.2, 0.25) is 0 Å². The Hall–Kier alpha value is -2.20. The molecule has 0 N–H and O–H groups in total. The molecule has 0 radical (unpaired) electrons. The van der Waals surface area contributed by atoms with Crippen molar-refractivity contribution in [2.75, 3.05) is 19.6 Å². The van der Waals surface area contributed by atoms with Gasteiger partial charge in [0.15, 0.2) is 5.43 Å². The van der Waals surface area contributed by atoms with E-state index in [4.69, 9.17) is 0 Å². The first-order valence-corrected chi connectivity index (χ1v) is 8.58. The van der Waals surface area contributed by atoms with Gasteiger partial charge in [0, 0.05) is 17.3 Å². The number of benzene rings is 2. The van der Waals surface area contributed by atoms with Crippen LogP contribution in [0, 0.1) is 5.82 Å². The molecule has 0 aliphatic carbocycles. The molecule has 0 atom stereocenters.